The van der Waals surface area contributed by atoms with Gasteiger partial charge in [-0.2, -0.15) is 7.92 Å². The molecule has 4 aromatic rings. The minimum atomic E-state index is -1.53. The summed E-state index contributed by atoms with van der Waals surface area (Å²) in [6.45, 7) is 0. The first-order valence-corrected chi connectivity index (χ1v) is 12.9. The van der Waals surface area contributed by atoms with Crippen molar-refractivity contribution in [2.24, 2.45) is 0 Å². The second kappa shape index (κ2) is 12.0. The summed E-state index contributed by atoms with van der Waals surface area (Å²) in [5.74, 6) is -1.70. The van der Waals surface area contributed by atoms with E-state index in [0.29, 0.717) is 21.2 Å². The normalized spacial score (nSPS) is 11.0. The summed E-state index contributed by atoms with van der Waals surface area (Å²) in [5, 5.41) is 1.57. The smallest absolute Gasteiger partial charge is 0.131 e. The molecule has 0 heterocycles. The second-order valence-electron chi connectivity index (χ2n) is 6.97. The molecule has 0 N–H and O–H groups in total. The molecule has 0 aliphatic rings. The summed E-state index contributed by atoms with van der Waals surface area (Å²) in [6.07, 6.45) is 2.10. The molecular formula is C26H19F4P2Re-. The minimum Gasteiger partial charge on any atom is -0.289 e. The van der Waals surface area contributed by atoms with E-state index in [2.05, 4.69) is 0 Å². The number of benzene rings is 4. The van der Waals surface area contributed by atoms with E-state index in [1.807, 2.05) is 6.16 Å². The van der Waals surface area contributed by atoms with E-state index in [0.717, 1.165) is 0 Å². The quantitative estimate of drug-likeness (QED) is 0.131. The van der Waals surface area contributed by atoms with Crippen molar-refractivity contribution >= 4 is 37.1 Å². The van der Waals surface area contributed by atoms with Crippen LogP contribution < -0.4 is 21.2 Å². The topological polar surface area (TPSA) is 0 Å². The molecule has 0 fully saturated rings. The molecule has 1 radical (unpaired) electrons. The largest absolute Gasteiger partial charge is 0.289 e. The van der Waals surface area contributed by atoms with Crippen LogP contribution in [0.25, 0.3) is 0 Å². The van der Waals surface area contributed by atoms with E-state index < -0.39 is 39.1 Å². The van der Waals surface area contributed by atoms with Gasteiger partial charge in [0.15, 0.2) is 0 Å². The first kappa shape index (κ1) is 25.7. The maximum Gasteiger partial charge on any atom is 0.131 e. The van der Waals surface area contributed by atoms with Gasteiger partial charge >= 0.3 is 0 Å². The Balaban J connectivity index is 0.00000306. The maximum absolute atomic E-state index is 14.7. The Morgan fingerprint density at radius 2 is 0.788 bits per heavy atom. The second-order valence-corrected chi connectivity index (χ2v) is 11.2. The molecule has 0 bridgehead atoms. The Bertz CT molecular complexity index is 1030. The van der Waals surface area contributed by atoms with Gasteiger partial charge in [-0.05, 0) is 34.9 Å². The Morgan fingerprint density at radius 3 is 1.12 bits per heavy atom. The Hall–Kier alpha value is -1.88. The summed E-state index contributed by atoms with van der Waals surface area (Å²) in [6, 6.07) is 25.1. The SMILES string of the molecule is Fc1ccccc1P([CH-]CP(c1ccccc1F)c1ccccc1F)c1ccccc1F.[Re]. The van der Waals surface area contributed by atoms with Crippen LogP contribution in [-0.4, -0.2) is 6.16 Å². The molecule has 4 aromatic carbocycles. The van der Waals surface area contributed by atoms with Crippen LogP contribution >= 0.6 is 15.8 Å². The molecule has 33 heavy (non-hydrogen) atoms. The summed E-state index contributed by atoms with van der Waals surface area (Å²) in [4.78, 5) is 0. The van der Waals surface area contributed by atoms with Gasteiger partial charge in [-0.15, -0.1) is 6.16 Å². The van der Waals surface area contributed by atoms with Gasteiger partial charge in [-0.25, -0.2) is 17.6 Å². The predicted octanol–water partition coefficient (Wildman–Crippen LogP) is 5.97. The molecule has 0 aliphatic heterocycles. The van der Waals surface area contributed by atoms with E-state index in [9.17, 15) is 17.6 Å². The molecule has 0 aliphatic carbocycles. The van der Waals surface area contributed by atoms with Crippen molar-refractivity contribution in [3.05, 3.63) is 126 Å². The Morgan fingerprint density at radius 1 is 0.485 bits per heavy atom. The standard InChI is InChI=1S/C26H19F4P2.Re/c27-19-9-1-5-13-23(19)31(24-14-6-2-10-20(24)28)17-18-32(25-15-7-3-11-21(25)29)26-16-8-4-12-22(26)30;/h1-17H,18H2;/q-1;. The van der Waals surface area contributed by atoms with Gasteiger partial charge in [0, 0.05) is 31.0 Å². The third-order valence-electron chi connectivity index (χ3n) is 4.96. The fourth-order valence-electron chi connectivity index (χ4n) is 3.45. The molecule has 0 amide bonds. The van der Waals surface area contributed by atoms with Crippen LogP contribution in [0.4, 0.5) is 17.6 Å². The van der Waals surface area contributed by atoms with Crippen LogP contribution in [0.1, 0.15) is 0 Å². The third-order valence-corrected chi connectivity index (χ3v) is 9.99. The summed E-state index contributed by atoms with van der Waals surface area (Å²) < 4.78 is 58.9. The van der Waals surface area contributed by atoms with Crippen molar-refractivity contribution in [1.82, 2.24) is 0 Å². The van der Waals surface area contributed by atoms with Crippen molar-refractivity contribution in [2.45, 2.75) is 0 Å². The van der Waals surface area contributed by atoms with Crippen molar-refractivity contribution in [3.63, 3.8) is 0 Å². The summed E-state index contributed by atoms with van der Waals surface area (Å²) >= 11 is 0. The van der Waals surface area contributed by atoms with Crippen molar-refractivity contribution in [1.29, 1.82) is 0 Å². The number of halogens is 4. The molecule has 0 nitrogen and oxygen atoms in total. The van der Waals surface area contributed by atoms with Crippen LogP contribution in [-0.2, 0) is 20.4 Å². The molecule has 4 rings (SSSR count). The van der Waals surface area contributed by atoms with Crippen LogP contribution in [0.3, 0.4) is 0 Å². The zero-order chi connectivity index (χ0) is 22.5. The van der Waals surface area contributed by atoms with Gasteiger partial charge in [-0.1, -0.05) is 80.7 Å². The monoisotopic (exact) mass is 656 g/mol. The number of rotatable bonds is 7. The third kappa shape index (κ3) is 5.98. The van der Waals surface area contributed by atoms with Gasteiger partial charge in [0.05, 0.1) is 0 Å². The van der Waals surface area contributed by atoms with Crippen molar-refractivity contribution in [2.75, 3.05) is 6.16 Å². The molecule has 0 spiro atoms. The first-order valence-electron chi connectivity index (χ1n) is 9.94. The van der Waals surface area contributed by atoms with E-state index in [4.69, 9.17) is 0 Å². The molecule has 0 aromatic heterocycles. The van der Waals surface area contributed by atoms with E-state index in [1.165, 1.54) is 24.3 Å². The van der Waals surface area contributed by atoms with Crippen molar-refractivity contribution in [3.8, 4) is 0 Å². The molecule has 0 saturated carbocycles. The summed E-state index contributed by atoms with van der Waals surface area (Å²) in [5.41, 5.74) is 0. The zero-order valence-corrected chi connectivity index (χ0v) is 21.8. The first-order chi connectivity index (χ1) is 15.6. The number of hydrogen-bond acceptors (Lipinski definition) is 0. The van der Waals surface area contributed by atoms with Crippen LogP contribution in [0, 0.1) is 29.4 Å². The maximum atomic E-state index is 14.7. The zero-order valence-electron chi connectivity index (χ0n) is 17.3. The van der Waals surface area contributed by atoms with E-state index >= 15 is 0 Å². The molecule has 169 valence electrons. The molecule has 7 heteroatoms. The van der Waals surface area contributed by atoms with Gasteiger partial charge in [-0.3, -0.25) is 6.16 Å². The van der Waals surface area contributed by atoms with Gasteiger partial charge in [0.25, 0.3) is 0 Å². The molecular weight excluding hydrogens is 636 g/mol. The molecule has 0 unspecified atom stereocenters. The summed E-state index contributed by atoms with van der Waals surface area (Å²) in [7, 11) is -2.99. The van der Waals surface area contributed by atoms with Gasteiger partial charge in [0.2, 0.25) is 0 Å². The van der Waals surface area contributed by atoms with Gasteiger partial charge < -0.3 is 0 Å². The molecule has 0 atom stereocenters. The average molecular weight is 656 g/mol. The Kier molecular flexibility index (Phi) is 9.37. The van der Waals surface area contributed by atoms with Crippen molar-refractivity contribution < 1.29 is 38.0 Å². The fourth-order valence-corrected chi connectivity index (χ4v) is 8.36. The fraction of sp³-hybridized carbons (Fsp3) is 0.0385. The molecule has 0 saturated heterocycles. The number of hydrogen-bond donors (Lipinski definition) is 0. The average Bonchev–Trinajstić information content (AvgIpc) is 2.80. The van der Waals surface area contributed by atoms with Crippen LogP contribution in [0.2, 0.25) is 0 Å². The minimum absolute atomic E-state index is 0. The predicted molar refractivity (Wildman–Crippen MR) is 127 cm³/mol. The van der Waals surface area contributed by atoms with Crippen LogP contribution in [0.5, 0.6) is 0 Å². The Labute approximate surface area is 207 Å². The van der Waals surface area contributed by atoms with E-state index in [-0.39, 0.29) is 26.6 Å². The van der Waals surface area contributed by atoms with E-state index in [1.54, 1.807) is 72.8 Å². The van der Waals surface area contributed by atoms with Crippen LogP contribution in [0.15, 0.2) is 97.1 Å². The van der Waals surface area contributed by atoms with Gasteiger partial charge in [0.1, 0.15) is 23.3 Å².